The number of anilines is 2. The molecule has 2 aliphatic rings. The Bertz CT molecular complexity index is 500. The number of ether oxygens (including phenoxy) is 1. The third-order valence-electron chi connectivity index (χ3n) is 3.86. The number of nitrogens with zero attached hydrogens (tertiary/aromatic N) is 2. The molecule has 1 amide bonds. The van der Waals surface area contributed by atoms with Crippen molar-refractivity contribution in [3.8, 4) is 0 Å². The van der Waals surface area contributed by atoms with Crippen LogP contribution in [0, 0.1) is 5.92 Å². The molecule has 1 atom stereocenters. The van der Waals surface area contributed by atoms with E-state index in [2.05, 4.69) is 25.9 Å². The zero-order valence-electron chi connectivity index (χ0n) is 12.7. The monoisotopic (exact) mass is 305 g/mol. The van der Waals surface area contributed by atoms with Gasteiger partial charge in [0.2, 0.25) is 5.91 Å². The maximum Gasteiger partial charge on any atom is 0.223 e. The van der Waals surface area contributed by atoms with Gasteiger partial charge < -0.3 is 20.7 Å². The van der Waals surface area contributed by atoms with Gasteiger partial charge in [-0.25, -0.2) is 9.97 Å². The molecule has 3 rings (SSSR count). The van der Waals surface area contributed by atoms with Crippen molar-refractivity contribution in [2.45, 2.75) is 31.7 Å². The summed E-state index contributed by atoms with van der Waals surface area (Å²) in [6, 6.07) is 2.20. The van der Waals surface area contributed by atoms with E-state index < -0.39 is 0 Å². The molecule has 7 nitrogen and oxygen atoms in total. The van der Waals surface area contributed by atoms with Crippen LogP contribution in [0.3, 0.4) is 0 Å². The lowest BCUT2D eigenvalue weighted by molar-refractivity contribution is -0.122. The molecule has 1 aromatic rings. The molecule has 0 aromatic carbocycles. The first-order valence-corrected chi connectivity index (χ1v) is 7.99. The average Bonchev–Trinajstić information content (AvgIpc) is 3.38. The Kier molecular flexibility index (Phi) is 5.05. The molecular formula is C15H23N5O2. The fraction of sp³-hybridized carbons (Fsp3) is 0.667. The molecule has 1 aromatic heterocycles. The lowest BCUT2D eigenvalue weighted by atomic mass is 10.1. The lowest BCUT2D eigenvalue weighted by Gasteiger charge is -2.23. The minimum Gasteiger partial charge on any atom is -0.379 e. The number of rotatable bonds is 7. The molecule has 0 bridgehead atoms. The van der Waals surface area contributed by atoms with Crippen molar-refractivity contribution in [1.82, 2.24) is 15.3 Å². The van der Waals surface area contributed by atoms with Crippen LogP contribution < -0.4 is 16.0 Å². The zero-order valence-corrected chi connectivity index (χ0v) is 12.7. The molecular weight excluding hydrogens is 282 g/mol. The van der Waals surface area contributed by atoms with Gasteiger partial charge in [-0.1, -0.05) is 0 Å². The molecule has 0 unspecified atom stereocenters. The third kappa shape index (κ3) is 4.56. The summed E-state index contributed by atoms with van der Waals surface area (Å²) >= 11 is 0. The van der Waals surface area contributed by atoms with Gasteiger partial charge in [0, 0.05) is 31.7 Å². The topological polar surface area (TPSA) is 88.2 Å². The summed E-state index contributed by atoms with van der Waals surface area (Å²) in [5.74, 6) is 1.99. The molecule has 1 aliphatic carbocycles. The SMILES string of the molecule is O=C(NCCNc1cc(N[C@H]2CCCOC2)ncn1)C1CC1. The maximum absolute atomic E-state index is 11.5. The van der Waals surface area contributed by atoms with Crippen molar-refractivity contribution in [2.24, 2.45) is 5.92 Å². The van der Waals surface area contributed by atoms with E-state index in [0.29, 0.717) is 19.1 Å². The summed E-state index contributed by atoms with van der Waals surface area (Å²) in [7, 11) is 0. The standard InChI is InChI=1S/C15H23N5O2/c21-15(11-3-4-11)17-6-5-16-13-8-14(19-10-18-13)20-12-2-1-7-22-9-12/h8,10-12H,1-7,9H2,(H,17,21)(H2,16,18,19,20)/t12-/m0/s1. The molecule has 120 valence electrons. The van der Waals surface area contributed by atoms with Gasteiger partial charge in [-0.3, -0.25) is 4.79 Å². The van der Waals surface area contributed by atoms with E-state index in [1.165, 1.54) is 6.33 Å². The van der Waals surface area contributed by atoms with E-state index in [1.807, 2.05) is 6.07 Å². The van der Waals surface area contributed by atoms with Crippen molar-refractivity contribution in [2.75, 3.05) is 36.9 Å². The zero-order chi connectivity index (χ0) is 15.2. The highest BCUT2D eigenvalue weighted by Crippen LogP contribution is 2.28. The van der Waals surface area contributed by atoms with Crippen molar-refractivity contribution in [3.63, 3.8) is 0 Å². The van der Waals surface area contributed by atoms with Gasteiger partial charge in [0.25, 0.3) is 0 Å². The molecule has 2 heterocycles. The minimum atomic E-state index is 0.171. The van der Waals surface area contributed by atoms with E-state index in [-0.39, 0.29) is 11.8 Å². The summed E-state index contributed by atoms with van der Waals surface area (Å²) in [6.45, 7) is 2.83. The second-order valence-electron chi connectivity index (χ2n) is 5.84. The highest BCUT2D eigenvalue weighted by atomic mass is 16.5. The van der Waals surface area contributed by atoms with Gasteiger partial charge in [-0.05, 0) is 25.7 Å². The van der Waals surface area contributed by atoms with Crippen molar-refractivity contribution in [3.05, 3.63) is 12.4 Å². The second kappa shape index (κ2) is 7.40. The minimum absolute atomic E-state index is 0.171. The predicted molar refractivity (Wildman–Crippen MR) is 83.7 cm³/mol. The Labute approximate surface area is 130 Å². The van der Waals surface area contributed by atoms with Crippen LogP contribution in [-0.2, 0) is 9.53 Å². The van der Waals surface area contributed by atoms with Crippen LogP contribution in [0.5, 0.6) is 0 Å². The molecule has 22 heavy (non-hydrogen) atoms. The normalized spacial score (nSPS) is 21.2. The molecule has 2 fully saturated rings. The van der Waals surface area contributed by atoms with Gasteiger partial charge in [0.15, 0.2) is 0 Å². The van der Waals surface area contributed by atoms with Crippen LogP contribution in [0.1, 0.15) is 25.7 Å². The highest BCUT2D eigenvalue weighted by molar-refractivity contribution is 5.80. The van der Waals surface area contributed by atoms with Crippen molar-refractivity contribution in [1.29, 1.82) is 0 Å². The number of aromatic nitrogens is 2. The highest BCUT2D eigenvalue weighted by Gasteiger charge is 2.28. The first kappa shape index (κ1) is 15.0. The first-order valence-electron chi connectivity index (χ1n) is 7.99. The van der Waals surface area contributed by atoms with Crippen LogP contribution in [-0.4, -0.2) is 48.2 Å². The summed E-state index contributed by atoms with van der Waals surface area (Å²) in [5, 5.41) is 9.49. The second-order valence-corrected chi connectivity index (χ2v) is 5.84. The van der Waals surface area contributed by atoms with Gasteiger partial charge in [-0.15, -0.1) is 0 Å². The van der Waals surface area contributed by atoms with Crippen LogP contribution >= 0.6 is 0 Å². The summed E-state index contributed by atoms with van der Waals surface area (Å²) in [6.07, 6.45) is 5.78. The number of nitrogens with one attached hydrogen (secondary N) is 3. The Hall–Kier alpha value is -1.89. The van der Waals surface area contributed by atoms with E-state index in [4.69, 9.17) is 4.74 Å². The Balaban J connectivity index is 1.41. The number of hydrogen-bond acceptors (Lipinski definition) is 6. The molecule has 1 aliphatic heterocycles. The van der Waals surface area contributed by atoms with Gasteiger partial charge in [0.05, 0.1) is 12.6 Å². The van der Waals surface area contributed by atoms with Crippen molar-refractivity contribution >= 4 is 17.5 Å². The summed E-state index contributed by atoms with van der Waals surface area (Å²) in [5.41, 5.74) is 0. The quantitative estimate of drug-likeness (QED) is 0.652. The van der Waals surface area contributed by atoms with Gasteiger partial charge >= 0.3 is 0 Å². The Morgan fingerprint density at radius 1 is 1.23 bits per heavy atom. The summed E-state index contributed by atoms with van der Waals surface area (Å²) in [4.78, 5) is 19.9. The van der Waals surface area contributed by atoms with E-state index in [0.717, 1.165) is 50.5 Å². The van der Waals surface area contributed by atoms with E-state index in [1.54, 1.807) is 0 Å². The van der Waals surface area contributed by atoms with Crippen LogP contribution in [0.4, 0.5) is 11.6 Å². The largest absolute Gasteiger partial charge is 0.379 e. The maximum atomic E-state index is 11.5. The first-order chi connectivity index (χ1) is 10.8. The molecule has 3 N–H and O–H groups in total. The van der Waals surface area contributed by atoms with Gasteiger partial charge in [-0.2, -0.15) is 0 Å². The Morgan fingerprint density at radius 3 is 2.86 bits per heavy atom. The molecule has 0 radical (unpaired) electrons. The summed E-state index contributed by atoms with van der Waals surface area (Å²) < 4.78 is 5.45. The molecule has 0 spiro atoms. The van der Waals surface area contributed by atoms with Crippen LogP contribution in [0.25, 0.3) is 0 Å². The number of carbonyl (C=O) groups excluding carboxylic acids is 1. The molecule has 1 saturated carbocycles. The van der Waals surface area contributed by atoms with Crippen molar-refractivity contribution < 1.29 is 9.53 Å². The van der Waals surface area contributed by atoms with Crippen LogP contribution in [0.2, 0.25) is 0 Å². The average molecular weight is 305 g/mol. The van der Waals surface area contributed by atoms with E-state index >= 15 is 0 Å². The number of carbonyl (C=O) groups is 1. The number of hydrogen-bond donors (Lipinski definition) is 3. The van der Waals surface area contributed by atoms with Gasteiger partial charge in [0.1, 0.15) is 18.0 Å². The lowest BCUT2D eigenvalue weighted by Crippen LogP contribution is -2.30. The Morgan fingerprint density at radius 2 is 2.09 bits per heavy atom. The third-order valence-corrected chi connectivity index (χ3v) is 3.86. The van der Waals surface area contributed by atoms with E-state index in [9.17, 15) is 4.79 Å². The number of amides is 1. The fourth-order valence-electron chi connectivity index (χ4n) is 2.46. The predicted octanol–water partition coefficient (Wildman–Crippen LogP) is 1.01. The molecule has 1 saturated heterocycles. The fourth-order valence-corrected chi connectivity index (χ4v) is 2.46. The molecule has 7 heteroatoms. The van der Waals surface area contributed by atoms with Crippen LogP contribution in [0.15, 0.2) is 12.4 Å². The smallest absolute Gasteiger partial charge is 0.223 e.